The predicted molar refractivity (Wildman–Crippen MR) is 79.5 cm³/mol. The summed E-state index contributed by atoms with van der Waals surface area (Å²) in [6.07, 6.45) is 4.02. The van der Waals surface area contributed by atoms with Gasteiger partial charge in [-0.25, -0.2) is 0 Å². The largest absolute Gasteiger partial charge is 0.481 e. The van der Waals surface area contributed by atoms with Crippen LogP contribution in [0.1, 0.15) is 24.8 Å². The van der Waals surface area contributed by atoms with Gasteiger partial charge >= 0.3 is 5.97 Å². The number of aliphatic carboxylic acids is 1. The zero-order valence-corrected chi connectivity index (χ0v) is 11.1. The second-order valence-corrected chi connectivity index (χ2v) is 4.62. The molecule has 0 amide bonds. The molecule has 0 atom stereocenters. The molecule has 0 aliphatic carbocycles. The Kier molecular flexibility index (Phi) is 4.66. The van der Waals surface area contributed by atoms with Crippen molar-refractivity contribution >= 4 is 28.6 Å². The van der Waals surface area contributed by atoms with Crippen LogP contribution in [0.25, 0.3) is 16.8 Å². The SMILES string of the molecule is O=C(O)CCCC(=O)/C=C/c1cccc2ccccc12. The number of carboxylic acids is 1. The molecule has 0 heterocycles. The Labute approximate surface area is 117 Å². The van der Waals surface area contributed by atoms with Crippen molar-refractivity contribution in [1.29, 1.82) is 0 Å². The molecule has 20 heavy (non-hydrogen) atoms. The fraction of sp³-hybridized carbons (Fsp3) is 0.176. The van der Waals surface area contributed by atoms with Gasteiger partial charge in [0.05, 0.1) is 0 Å². The van der Waals surface area contributed by atoms with Crippen LogP contribution in [0, 0.1) is 0 Å². The zero-order chi connectivity index (χ0) is 14.4. The molecule has 0 aromatic heterocycles. The first-order valence-electron chi connectivity index (χ1n) is 6.57. The van der Waals surface area contributed by atoms with E-state index < -0.39 is 5.97 Å². The lowest BCUT2D eigenvalue weighted by Crippen LogP contribution is -1.98. The monoisotopic (exact) mass is 268 g/mol. The van der Waals surface area contributed by atoms with E-state index in [4.69, 9.17) is 5.11 Å². The van der Waals surface area contributed by atoms with Crippen molar-refractivity contribution in [2.75, 3.05) is 0 Å². The molecule has 0 saturated carbocycles. The van der Waals surface area contributed by atoms with Gasteiger partial charge in [0.2, 0.25) is 0 Å². The first-order chi connectivity index (χ1) is 9.66. The Hall–Kier alpha value is -2.42. The molecule has 2 rings (SSSR count). The predicted octanol–water partition coefficient (Wildman–Crippen LogP) is 3.68. The molecule has 0 saturated heterocycles. The Bertz CT molecular complexity index is 651. The van der Waals surface area contributed by atoms with Crippen LogP contribution in [-0.2, 0) is 9.59 Å². The van der Waals surface area contributed by atoms with Gasteiger partial charge in [0.15, 0.2) is 5.78 Å². The highest BCUT2D eigenvalue weighted by atomic mass is 16.4. The second-order valence-electron chi connectivity index (χ2n) is 4.62. The lowest BCUT2D eigenvalue weighted by atomic mass is 10.0. The van der Waals surface area contributed by atoms with Crippen molar-refractivity contribution in [2.45, 2.75) is 19.3 Å². The lowest BCUT2D eigenvalue weighted by Gasteiger charge is -2.01. The summed E-state index contributed by atoms with van der Waals surface area (Å²) in [5.74, 6) is -0.907. The van der Waals surface area contributed by atoms with Gasteiger partial charge in [-0.3, -0.25) is 9.59 Å². The maximum absolute atomic E-state index is 11.7. The Morgan fingerprint density at radius 3 is 2.55 bits per heavy atom. The zero-order valence-electron chi connectivity index (χ0n) is 11.1. The third-order valence-corrected chi connectivity index (χ3v) is 3.09. The number of benzene rings is 2. The van der Waals surface area contributed by atoms with Crippen LogP contribution >= 0.6 is 0 Å². The summed E-state index contributed by atoms with van der Waals surface area (Å²) >= 11 is 0. The fourth-order valence-electron chi connectivity index (χ4n) is 2.08. The maximum Gasteiger partial charge on any atom is 0.303 e. The van der Waals surface area contributed by atoms with E-state index in [9.17, 15) is 9.59 Å². The van der Waals surface area contributed by atoms with Crippen molar-refractivity contribution < 1.29 is 14.7 Å². The van der Waals surface area contributed by atoms with Gasteiger partial charge in [-0.2, -0.15) is 0 Å². The minimum Gasteiger partial charge on any atom is -0.481 e. The van der Waals surface area contributed by atoms with E-state index in [-0.39, 0.29) is 18.6 Å². The number of allylic oxidation sites excluding steroid dienone is 1. The quantitative estimate of drug-likeness (QED) is 0.813. The van der Waals surface area contributed by atoms with Gasteiger partial charge in [0, 0.05) is 12.8 Å². The molecule has 0 aliphatic heterocycles. The van der Waals surface area contributed by atoms with Crippen molar-refractivity contribution in [1.82, 2.24) is 0 Å². The van der Waals surface area contributed by atoms with Crippen LogP contribution in [0.15, 0.2) is 48.5 Å². The molecule has 102 valence electrons. The van der Waals surface area contributed by atoms with Gasteiger partial charge in [-0.1, -0.05) is 48.5 Å². The third kappa shape index (κ3) is 3.79. The highest BCUT2D eigenvalue weighted by Gasteiger charge is 2.01. The highest BCUT2D eigenvalue weighted by molar-refractivity contribution is 5.97. The molecule has 0 unspecified atom stereocenters. The van der Waals surface area contributed by atoms with Gasteiger partial charge in [0.25, 0.3) is 0 Å². The summed E-state index contributed by atoms with van der Waals surface area (Å²) in [6.45, 7) is 0. The van der Waals surface area contributed by atoms with E-state index in [1.807, 2.05) is 42.5 Å². The van der Waals surface area contributed by atoms with Gasteiger partial charge in [-0.05, 0) is 28.8 Å². The summed E-state index contributed by atoms with van der Waals surface area (Å²) in [6, 6.07) is 13.9. The standard InChI is InChI=1S/C17H16O3/c18-15(8-4-10-17(19)20)12-11-14-7-3-6-13-5-1-2-9-16(13)14/h1-3,5-7,9,11-12H,4,8,10H2,(H,19,20)/b12-11+. The van der Waals surface area contributed by atoms with Crippen LogP contribution in [0.3, 0.4) is 0 Å². The Morgan fingerprint density at radius 2 is 1.75 bits per heavy atom. The summed E-state index contributed by atoms with van der Waals surface area (Å²) in [5.41, 5.74) is 0.995. The number of hydrogen-bond donors (Lipinski definition) is 1. The van der Waals surface area contributed by atoms with E-state index in [2.05, 4.69) is 0 Å². The van der Waals surface area contributed by atoms with E-state index in [1.165, 1.54) is 6.08 Å². The van der Waals surface area contributed by atoms with Crippen molar-refractivity contribution in [2.24, 2.45) is 0 Å². The van der Waals surface area contributed by atoms with Crippen LogP contribution in [0.5, 0.6) is 0 Å². The average Bonchev–Trinajstić information content (AvgIpc) is 2.44. The lowest BCUT2D eigenvalue weighted by molar-refractivity contribution is -0.137. The van der Waals surface area contributed by atoms with E-state index in [1.54, 1.807) is 6.08 Å². The van der Waals surface area contributed by atoms with Gasteiger partial charge in [0.1, 0.15) is 0 Å². The second kappa shape index (κ2) is 6.66. The van der Waals surface area contributed by atoms with Gasteiger partial charge in [-0.15, -0.1) is 0 Å². The minimum atomic E-state index is -0.865. The van der Waals surface area contributed by atoms with E-state index in [0.717, 1.165) is 16.3 Å². The van der Waals surface area contributed by atoms with E-state index >= 15 is 0 Å². The van der Waals surface area contributed by atoms with Gasteiger partial charge < -0.3 is 5.11 Å². The summed E-state index contributed by atoms with van der Waals surface area (Å²) in [5, 5.41) is 10.8. The Morgan fingerprint density at radius 1 is 1.00 bits per heavy atom. The molecule has 0 fully saturated rings. The topological polar surface area (TPSA) is 54.4 Å². The summed E-state index contributed by atoms with van der Waals surface area (Å²) < 4.78 is 0. The molecule has 2 aromatic carbocycles. The summed E-state index contributed by atoms with van der Waals surface area (Å²) in [7, 11) is 0. The number of rotatable bonds is 6. The highest BCUT2D eigenvalue weighted by Crippen LogP contribution is 2.19. The van der Waals surface area contributed by atoms with Crippen molar-refractivity contribution in [3.63, 3.8) is 0 Å². The molecule has 0 bridgehead atoms. The molecule has 1 N–H and O–H groups in total. The smallest absolute Gasteiger partial charge is 0.303 e. The van der Waals surface area contributed by atoms with Crippen molar-refractivity contribution in [3.05, 3.63) is 54.1 Å². The Balaban J connectivity index is 2.06. The molecule has 0 radical (unpaired) electrons. The average molecular weight is 268 g/mol. The molecular formula is C17H16O3. The van der Waals surface area contributed by atoms with Crippen LogP contribution in [0.4, 0.5) is 0 Å². The first-order valence-corrected chi connectivity index (χ1v) is 6.57. The number of carbonyl (C=O) groups is 2. The number of carbonyl (C=O) groups excluding carboxylic acids is 1. The minimum absolute atomic E-state index is 0.0356. The van der Waals surface area contributed by atoms with Crippen molar-refractivity contribution in [3.8, 4) is 0 Å². The first kappa shape index (κ1) is 14.0. The summed E-state index contributed by atoms with van der Waals surface area (Å²) in [4.78, 5) is 22.0. The number of fused-ring (bicyclic) bond motifs is 1. The van der Waals surface area contributed by atoms with Crippen LogP contribution in [0.2, 0.25) is 0 Å². The molecular weight excluding hydrogens is 252 g/mol. The third-order valence-electron chi connectivity index (χ3n) is 3.09. The molecule has 3 heteroatoms. The maximum atomic E-state index is 11.7. The number of ketones is 1. The molecule has 0 spiro atoms. The number of hydrogen-bond acceptors (Lipinski definition) is 2. The molecule has 3 nitrogen and oxygen atoms in total. The van der Waals surface area contributed by atoms with Crippen LogP contribution in [-0.4, -0.2) is 16.9 Å². The fourth-order valence-corrected chi connectivity index (χ4v) is 2.08. The normalized spacial score (nSPS) is 11.0. The molecule has 0 aliphatic rings. The molecule has 2 aromatic rings. The van der Waals surface area contributed by atoms with E-state index in [0.29, 0.717) is 6.42 Å². The number of carboxylic acid groups (broad SMARTS) is 1. The van der Waals surface area contributed by atoms with Crippen LogP contribution < -0.4 is 0 Å².